The van der Waals surface area contributed by atoms with Gasteiger partial charge in [-0.1, -0.05) is 107 Å². The molecule has 0 bridgehead atoms. The van der Waals surface area contributed by atoms with Crippen LogP contribution in [0.15, 0.2) is 97.3 Å². The Morgan fingerprint density at radius 1 is 0.638 bits per heavy atom. The number of fused-ring (bicyclic) bond motifs is 3. The molecule has 4 aromatic carbocycles. The van der Waals surface area contributed by atoms with Crippen LogP contribution in [-0.4, -0.2) is 25.8 Å². The second-order valence-electron chi connectivity index (χ2n) is 11.0. The van der Waals surface area contributed by atoms with Crippen molar-refractivity contribution in [2.75, 3.05) is 0 Å². The van der Waals surface area contributed by atoms with E-state index in [0.717, 1.165) is 5.52 Å². The number of benzene rings is 4. The van der Waals surface area contributed by atoms with Crippen LogP contribution in [0.2, 0.25) is 20.1 Å². The molecule has 9 heteroatoms. The highest BCUT2D eigenvalue weighted by molar-refractivity contribution is 6.54. The molecule has 0 spiro atoms. The first-order valence-corrected chi connectivity index (χ1v) is 16.3. The van der Waals surface area contributed by atoms with Crippen LogP contribution in [0.1, 0.15) is 44.5 Å². The third-order valence-electron chi connectivity index (χ3n) is 8.54. The molecule has 3 aromatic heterocycles. The van der Waals surface area contributed by atoms with Gasteiger partial charge < -0.3 is 14.1 Å². The molecule has 0 unspecified atom stereocenters. The minimum Gasteiger partial charge on any atom is -0.478 e. The Balaban J connectivity index is 0.000000171. The molecular weight excluding hydrogens is 674 g/mol. The third kappa shape index (κ3) is 5.57. The number of aryl methyl sites for hydroxylation is 2. The number of rotatable bonds is 5. The first kappa shape index (κ1) is 32.7. The molecule has 47 heavy (non-hydrogen) atoms. The number of aromatic carboxylic acids is 1. The van der Waals surface area contributed by atoms with Crippen molar-refractivity contribution in [3.05, 3.63) is 145 Å². The van der Waals surface area contributed by atoms with Crippen molar-refractivity contribution in [2.24, 2.45) is 0 Å². The standard InChI is InChI=1S/C19H13Cl4NO3.C19H15N/c1-3-24-8(2)11(9-6-4-5-7-10(9)24)18(25)12-13(19(26)27)15(21)17(23)16(22)14(12)20;1-14-16-7-3-2-6-15(16)9-10-17(14)18-11-13-20-12-5-4-8-19(18)20/h4-7H,3H2,1-2H3,(H,26,27);2-13H,1H3. The van der Waals surface area contributed by atoms with Crippen LogP contribution in [0, 0.1) is 13.8 Å². The Morgan fingerprint density at radius 2 is 1.26 bits per heavy atom. The smallest absolute Gasteiger partial charge is 0.338 e. The monoisotopic (exact) mass is 700 g/mol. The van der Waals surface area contributed by atoms with Gasteiger partial charge in [0.15, 0.2) is 5.78 Å². The number of hydrogen-bond acceptors (Lipinski definition) is 2. The van der Waals surface area contributed by atoms with E-state index in [4.69, 9.17) is 46.4 Å². The lowest BCUT2D eigenvalue weighted by molar-refractivity contribution is 0.0693. The number of halogens is 4. The van der Waals surface area contributed by atoms with Crippen molar-refractivity contribution in [1.29, 1.82) is 0 Å². The number of nitrogens with zero attached hydrogens (tertiary/aromatic N) is 2. The largest absolute Gasteiger partial charge is 0.478 e. The zero-order valence-electron chi connectivity index (χ0n) is 25.6. The van der Waals surface area contributed by atoms with E-state index in [-0.39, 0.29) is 25.7 Å². The summed E-state index contributed by atoms with van der Waals surface area (Å²) in [5.41, 5.74) is 6.39. The van der Waals surface area contributed by atoms with E-state index in [1.54, 1.807) is 19.1 Å². The SMILES string of the molecule is CCn1c(C)c(C(=O)c2c(Cl)c(Cl)c(Cl)c(Cl)c2C(=O)O)c2ccccc21.Cc1c(-c2ccn3ccccc23)ccc2ccccc12. The molecule has 0 aliphatic heterocycles. The fourth-order valence-electron chi connectivity index (χ4n) is 6.30. The van der Waals surface area contributed by atoms with Gasteiger partial charge in [0.05, 0.1) is 42.3 Å². The summed E-state index contributed by atoms with van der Waals surface area (Å²) in [7, 11) is 0. The highest BCUT2D eigenvalue weighted by Gasteiger charge is 2.32. The number of para-hydroxylation sites is 1. The van der Waals surface area contributed by atoms with Crippen molar-refractivity contribution in [3.63, 3.8) is 0 Å². The quantitative estimate of drug-likeness (QED) is 0.110. The number of carboxylic acids is 1. The van der Waals surface area contributed by atoms with E-state index in [1.807, 2.05) is 23.6 Å². The summed E-state index contributed by atoms with van der Waals surface area (Å²) in [6.07, 6.45) is 4.22. The molecule has 7 aromatic rings. The first-order valence-electron chi connectivity index (χ1n) is 14.8. The van der Waals surface area contributed by atoms with Crippen LogP contribution in [-0.2, 0) is 6.54 Å². The van der Waals surface area contributed by atoms with E-state index >= 15 is 0 Å². The van der Waals surface area contributed by atoms with Gasteiger partial charge in [0.2, 0.25) is 0 Å². The minimum absolute atomic E-state index is 0.159. The highest BCUT2D eigenvalue weighted by Crippen LogP contribution is 2.43. The van der Waals surface area contributed by atoms with Gasteiger partial charge in [-0.25, -0.2) is 4.79 Å². The minimum atomic E-state index is -1.42. The van der Waals surface area contributed by atoms with Gasteiger partial charge in [-0.15, -0.1) is 0 Å². The summed E-state index contributed by atoms with van der Waals surface area (Å²) >= 11 is 24.4. The van der Waals surface area contributed by atoms with E-state index < -0.39 is 17.3 Å². The fraction of sp³-hybridized carbons (Fsp3) is 0.105. The summed E-state index contributed by atoms with van der Waals surface area (Å²) in [4.78, 5) is 25.3. The van der Waals surface area contributed by atoms with E-state index in [9.17, 15) is 14.7 Å². The number of hydrogen-bond donors (Lipinski definition) is 1. The molecule has 0 fully saturated rings. The Hall–Kier alpha value is -4.26. The predicted molar refractivity (Wildman–Crippen MR) is 194 cm³/mol. The van der Waals surface area contributed by atoms with Gasteiger partial charge in [-0.2, -0.15) is 0 Å². The molecule has 1 N–H and O–H groups in total. The molecule has 0 atom stereocenters. The molecule has 0 radical (unpaired) electrons. The van der Waals surface area contributed by atoms with Crippen LogP contribution in [0.25, 0.3) is 38.3 Å². The number of pyridine rings is 1. The second kappa shape index (κ2) is 13.1. The summed E-state index contributed by atoms with van der Waals surface area (Å²) in [6.45, 7) is 6.61. The van der Waals surface area contributed by atoms with E-state index in [2.05, 4.69) is 84.4 Å². The molecule has 0 aliphatic rings. The Morgan fingerprint density at radius 3 is 1.96 bits per heavy atom. The van der Waals surface area contributed by atoms with Crippen molar-refractivity contribution < 1.29 is 14.7 Å². The van der Waals surface area contributed by atoms with Crippen molar-refractivity contribution in [3.8, 4) is 11.1 Å². The Bertz CT molecular complexity index is 2370. The van der Waals surface area contributed by atoms with Gasteiger partial charge in [0.1, 0.15) is 0 Å². The topological polar surface area (TPSA) is 63.7 Å². The zero-order chi connectivity index (χ0) is 33.6. The lowest BCUT2D eigenvalue weighted by Crippen LogP contribution is -2.13. The molecular formula is C38H28Cl4N2O3. The zero-order valence-corrected chi connectivity index (χ0v) is 28.6. The van der Waals surface area contributed by atoms with Gasteiger partial charge in [-0.3, -0.25) is 4.79 Å². The summed E-state index contributed by atoms with van der Waals surface area (Å²) in [5, 5.41) is 12.0. The summed E-state index contributed by atoms with van der Waals surface area (Å²) in [6, 6.07) is 28.9. The average molecular weight is 702 g/mol. The molecule has 5 nitrogen and oxygen atoms in total. The van der Waals surface area contributed by atoms with E-state index in [0.29, 0.717) is 23.2 Å². The number of ketones is 1. The van der Waals surface area contributed by atoms with Gasteiger partial charge in [0, 0.05) is 41.1 Å². The number of carbonyl (C=O) groups excluding carboxylic acids is 1. The molecule has 0 aliphatic carbocycles. The van der Waals surface area contributed by atoms with Gasteiger partial charge >= 0.3 is 5.97 Å². The maximum absolute atomic E-state index is 13.5. The Kier molecular flexibility index (Phi) is 9.10. The maximum atomic E-state index is 13.5. The third-order valence-corrected chi connectivity index (χ3v) is 10.3. The normalized spacial score (nSPS) is 11.2. The first-order chi connectivity index (χ1) is 22.6. The van der Waals surface area contributed by atoms with Crippen LogP contribution in [0.4, 0.5) is 0 Å². The molecule has 0 saturated carbocycles. The van der Waals surface area contributed by atoms with Gasteiger partial charge in [-0.05, 0) is 66.9 Å². The molecule has 3 heterocycles. The average Bonchev–Trinajstić information content (AvgIpc) is 3.63. The summed E-state index contributed by atoms with van der Waals surface area (Å²) in [5.74, 6) is -1.99. The highest BCUT2D eigenvalue weighted by atomic mass is 35.5. The lowest BCUT2D eigenvalue weighted by Gasteiger charge is -2.13. The summed E-state index contributed by atoms with van der Waals surface area (Å²) < 4.78 is 4.14. The van der Waals surface area contributed by atoms with Crippen molar-refractivity contribution in [2.45, 2.75) is 27.3 Å². The van der Waals surface area contributed by atoms with E-state index in [1.165, 1.54) is 33.0 Å². The van der Waals surface area contributed by atoms with Crippen LogP contribution >= 0.6 is 46.4 Å². The van der Waals surface area contributed by atoms with Gasteiger partial charge in [0.25, 0.3) is 0 Å². The number of aromatic nitrogens is 2. The van der Waals surface area contributed by atoms with Crippen molar-refractivity contribution >= 4 is 85.3 Å². The number of carboxylic acid groups (broad SMARTS) is 1. The number of carbonyl (C=O) groups is 2. The fourth-order valence-corrected chi connectivity index (χ4v) is 7.32. The Labute approximate surface area is 291 Å². The molecule has 7 rings (SSSR count). The predicted octanol–water partition coefficient (Wildman–Crippen LogP) is 11.6. The van der Waals surface area contributed by atoms with Crippen molar-refractivity contribution in [1.82, 2.24) is 8.97 Å². The van der Waals surface area contributed by atoms with Crippen LogP contribution in [0.5, 0.6) is 0 Å². The van der Waals surface area contributed by atoms with Crippen LogP contribution in [0.3, 0.4) is 0 Å². The molecule has 0 saturated heterocycles. The molecule has 236 valence electrons. The maximum Gasteiger partial charge on any atom is 0.338 e. The second-order valence-corrected chi connectivity index (χ2v) is 12.6. The lowest BCUT2D eigenvalue weighted by atomic mass is 9.96. The molecule has 0 amide bonds. The van der Waals surface area contributed by atoms with Crippen LogP contribution < -0.4 is 0 Å².